The van der Waals surface area contributed by atoms with Crippen molar-refractivity contribution in [2.24, 2.45) is 11.7 Å². The molecule has 0 fully saturated rings. The van der Waals surface area contributed by atoms with Crippen molar-refractivity contribution in [2.45, 2.75) is 52.6 Å². The number of likely N-dealkylation sites (N-methyl/N-ethyl adjacent to an activating group) is 1. The molecule has 1 heterocycles. The van der Waals surface area contributed by atoms with Crippen LogP contribution in [0.25, 0.3) is 0 Å². The normalized spacial score (nSPS) is 15.2. The quantitative estimate of drug-likeness (QED) is 0.741. The predicted molar refractivity (Wildman–Crippen MR) is 89.7 cm³/mol. The number of rotatable bonds is 8. The van der Waals surface area contributed by atoms with Crippen LogP contribution in [0, 0.1) is 5.92 Å². The molecular weight excluding hydrogens is 320 g/mol. The van der Waals surface area contributed by atoms with Crippen molar-refractivity contribution in [1.82, 2.24) is 4.90 Å². The van der Waals surface area contributed by atoms with Crippen LogP contribution in [-0.4, -0.2) is 24.0 Å². The lowest BCUT2D eigenvalue weighted by Gasteiger charge is -2.35. The predicted octanol–water partition coefficient (Wildman–Crippen LogP) is 4.66. The molecule has 4 heteroatoms. The van der Waals surface area contributed by atoms with Crippen molar-refractivity contribution in [2.75, 3.05) is 13.1 Å². The number of nitrogens with two attached hydrogens (primary N) is 1. The molecule has 2 N–H and O–H groups in total. The van der Waals surface area contributed by atoms with Gasteiger partial charge in [0, 0.05) is 27.3 Å². The van der Waals surface area contributed by atoms with E-state index in [4.69, 9.17) is 5.73 Å². The first-order valence-corrected chi connectivity index (χ1v) is 8.94. The molecule has 2 atom stereocenters. The Hall–Kier alpha value is 0.1000. The lowest BCUT2D eigenvalue weighted by Crippen LogP contribution is -2.41. The fourth-order valence-electron chi connectivity index (χ4n) is 2.57. The second-order valence-corrected chi connectivity index (χ2v) is 7.10. The molecule has 1 rings (SSSR count). The molecule has 0 aromatic carbocycles. The summed E-state index contributed by atoms with van der Waals surface area (Å²) < 4.78 is 1.16. The molecule has 0 radical (unpaired) electrons. The maximum atomic E-state index is 6.26. The third kappa shape index (κ3) is 4.85. The Labute approximate surface area is 130 Å². The first-order valence-electron chi connectivity index (χ1n) is 7.26. The molecule has 0 aliphatic rings. The molecule has 0 bridgehead atoms. The SMILES string of the molecule is CCC(CC)CN(CC)C(c1cc(Br)cs1)C(C)N. The minimum atomic E-state index is 0.153. The van der Waals surface area contributed by atoms with Gasteiger partial charge in [0.05, 0.1) is 6.04 Å². The van der Waals surface area contributed by atoms with Gasteiger partial charge in [-0.1, -0.05) is 33.6 Å². The number of nitrogens with zero attached hydrogens (tertiary/aromatic N) is 1. The van der Waals surface area contributed by atoms with Crippen LogP contribution in [0.2, 0.25) is 0 Å². The lowest BCUT2D eigenvalue weighted by molar-refractivity contribution is 0.155. The van der Waals surface area contributed by atoms with E-state index in [2.05, 4.69) is 60.0 Å². The summed E-state index contributed by atoms with van der Waals surface area (Å²) in [5, 5.41) is 2.15. The van der Waals surface area contributed by atoms with E-state index >= 15 is 0 Å². The molecular formula is C15H27BrN2S. The Balaban J connectivity index is 2.89. The van der Waals surface area contributed by atoms with Crippen molar-refractivity contribution in [3.05, 3.63) is 20.8 Å². The average Bonchev–Trinajstić information content (AvgIpc) is 2.80. The Morgan fingerprint density at radius 3 is 2.32 bits per heavy atom. The third-order valence-electron chi connectivity index (χ3n) is 3.82. The molecule has 19 heavy (non-hydrogen) atoms. The minimum absolute atomic E-state index is 0.153. The number of hydrogen-bond donors (Lipinski definition) is 1. The highest BCUT2D eigenvalue weighted by molar-refractivity contribution is 9.10. The molecule has 2 nitrogen and oxygen atoms in total. The molecule has 0 spiro atoms. The topological polar surface area (TPSA) is 29.3 Å². The van der Waals surface area contributed by atoms with Gasteiger partial charge in [0.25, 0.3) is 0 Å². The zero-order valence-electron chi connectivity index (χ0n) is 12.5. The summed E-state index contributed by atoms with van der Waals surface area (Å²) in [6, 6.07) is 2.70. The monoisotopic (exact) mass is 346 g/mol. The van der Waals surface area contributed by atoms with Gasteiger partial charge in [-0.3, -0.25) is 4.90 Å². The summed E-state index contributed by atoms with van der Waals surface area (Å²) >= 11 is 5.35. The van der Waals surface area contributed by atoms with Gasteiger partial charge in [-0.2, -0.15) is 0 Å². The number of thiophene rings is 1. The first kappa shape index (κ1) is 17.2. The summed E-state index contributed by atoms with van der Waals surface area (Å²) in [5.41, 5.74) is 6.26. The van der Waals surface area contributed by atoms with E-state index in [0.29, 0.717) is 6.04 Å². The van der Waals surface area contributed by atoms with E-state index in [1.54, 1.807) is 11.3 Å². The Morgan fingerprint density at radius 1 is 1.32 bits per heavy atom. The van der Waals surface area contributed by atoms with Gasteiger partial charge in [-0.05, 0) is 41.4 Å². The van der Waals surface area contributed by atoms with Crippen LogP contribution >= 0.6 is 27.3 Å². The van der Waals surface area contributed by atoms with E-state index in [-0.39, 0.29) is 6.04 Å². The molecule has 0 aliphatic carbocycles. The fraction of sp³-hybridized carbons (Fsp3) is 0.733. The van der Waals surface area contributed by atoms with Gasteiger partial charge >= 0.3 is 0 Å². The summed E-state index contributed by atoms with van der Waals surface area (Å²) in [5.74, 6) is 0.768. The van der Waals surface area contributed by atoms with E-state index in [0.717, 1.165) is 23.5 Å². The van der Waals surface area contributed by atoms with Crippen LogP contribution in [0.3, 0.4) is 0 Å². The molecule has 1 aromatic rings. The van der Waals surface area contributed by atoms with Crippen molar-refractivity contribution < 1.29 is 0 Å². The largest absolute Gasteiger partial charge is 0.326 e. The van der Waals surface area contributed by atoms with Gasteiger partial charge in [-0.25, -0.2) is 0 Å². The van der Waals surface area contributed by atoms with Gasteiger partial charge in [0.2, 0.25) is 0 Å². The molecule has 0 amide bonds. The number of hydrogen-bond acceptors (Lipinski definition) is 3. The Kier molecular flexibility index (Phi) is 7.58. The summed E-state index contributed by atoms with van der Waals surface area (Å²) in [6.45, 7) is 11.1. The van der Waals surface area contributed by atoms with Crippen LogP contribution in [0.15, 0.2) is 15.9 Å². The number of halogens is 1. The molecule has 110 valence electrons. The van der Waals surface area contributed by atoms with Crippen LogP contribution in [0.1, 0.15) is 51.5 Å². The highest BCUT2D eigenvalue weighted by Gasteiger charge is 2.25. The van der Waals surface area contributed by atoms with Gasteiger partial charge < -0.3 is 5.73 Å². The van der Waals surface area contributed by atoms with E-state index in [1.807, 2.05) is 0 Å². The van der Waals surface area contributed by atoms with E-state index in [9.17, 15) is 0 Å². The molecule has 0 saturated heterocycles. The Morgan fingerprint density at radius 2 is 1.95 bits per heavy atom. The van der Waals surface area contributed by atoms with E-state index in [1.165, 1.54) is 17.7 Å². The molecule has 2 unspecified atom stereocenters. The molecule has 1 aromatic heterocycles. The highest BCUT2D eigenvalue weighted by atomic mass is 79.9. The lowest BCUT2D eigenvalue weighted by atomic mass is 10.00. The smallest absolute Gasteiger partial charge is 0.0591 e. The maximum absolute atomic E-state index is 6.26. The molecule has 0 saturated carbocycles. The Bertz CT molecular complexity index is 361. The highest BCUT2D eigenvalue weighted by Crippen LogP contribution is 2.32. The van der Waals surface area contributed by atoms with Gasteiger partial charge in [0.1, 0.15) is 0 Å². The van der Waals surface area contributed by atoms with Crippen LogP contribution < -0.4 is 5.73 Å². The van der Waals surface area contributed by atoms with Crippen LogP contribution in [-0.2, 0) is 0 Å². The second-order valence-electron chi connectivity index (χ2n) is 5.24. The maximum Gasteiger partial charge on any atom is 0.0591 e. The first-order chi connectivity index (χ1) is 9.03. The van der Waals surface area contributed by atoms with Crippen molar-refractivity contribution in [1.29, 1.82) is 0 Å². The third-order valence-corrected chi connectivity index (χ3v) is 5.59. The fourth-order valence-corrected chi connectivity index (χ4v) is 4.27. The van der Waals surface area contributed by atoms with Crippen LogP contribution in [0.4, 0.5) is 0 Å². The summed E-state index contributed by atoms with van der Waals surface area (Å²) in [6.07, 6.45) is 2.49. The second kappa shape index (κ2) is 8.40. The van der Waals surface area contributed by atoms with Gasteiger partial charge in [-0.15, -0.1) is 11.3 Å². The van der Waals surface area contributed by atoms with Crippen molar-refractivity contribution in [3.8, 4) is 0 Å². The average molecular weight is 347 g/mol. The minimum Gasteiger partial charge on any atom is -0.326 e. The summed E-state index contributed by atoms with van der Waals surface area (Å²) in [4.78, 5) is 3.91. The molecule has 0 aliphatic heterocycles. The van der Waals surface area contributed by atoms with Crippen molar-refractivity contribution >= 4 is 27.3 Å². The van der Waals surface area contributed by atoms with Gasteiger partial charge in [0.15, 0.2) is 0 Å². The van der Waals surface area contributed by atoms with Crippen LogP contribution in [0.5, 0.6) is 0 Å². The zero-order valence-corrected chi connectivity index (χ0v) is 14.9. The van der Waals surface area contributed by atoms with E-state index < -0.39 is 0 Å². The van der Waals surface area contributed by atoms with Crippen molar-refractivity contribution in [3.63, 3.8) is 0 Å². The zero-order chi connectivity index (χ0) is 14.4. The summed E-state index contributed by atoms with van der Waals surface area (Å²) in [7, 11) is 0. The standard InChI is InChI=1S/C15H27BrN2S/c1-5-12(6-2)9-18(7-3)15(11(4)17)14-8-13(16)10-19-14/h8,10-12,15H,5-7,9,17H2,1-4H3.